The standard InChI is InChI=1S/C18H16Cl2N2S/c1-12-17(10-13-6-3-2-4-7-13)22-18(21-12)23-11-14-15(19)8-5-9-16(14)20/h2-9H,10-11H2,1H3,(H,21,22). The lowest BCUT2D eigenvalue weighted by Gasteiger charge is -2.04. The zero-order valence-electron chi connectivity index (χ0n) is 12.6. The van der Waals surface area contributed by atoms with Crippen molar-refractivity contribution < 1.29 is 0 Å². The summed E-state index contributed by atoms with van der Waals surface area (Å²) in [6.07, 6.45) is 0.830. The highest BCUT2D eigenvalue weighted by Crippen LogP contribution is 2.31. The van der Waals surface area contributed by atoms with Gasteiger partial charge in [-0.1, -0.05) is 71.4 Å². The van der Waals surface area contributed by atoms with Crippen molar-refractivity contribution in [1.82, 2.24) is 9.97 Å². The van der Waals surface area contributed by atoms with Gasteiger partial charge in [-0.3, -0.25) is 0 Å². The van der Waals surface area contributed by atoms with Gasteiger partial charge in [0, 0.05) is 27.9 Å². The van der Waals surface area contributed by atoms with E-state index in [9.17, 15) is 0 Å². The fourth-order valence-corrected chi connectivity index (χ4v) is 3.99. The topological polar surface area (TPSA) is 28.7 Å². The highest BCUT2D eigenvalue weighted by Gasteiger charge is 2.11. The first-order chi connectivity index (χ1) is 11.1. The molecule has 2 nitrogen and oxygen atoms in total. The second-order valence-electron chi connectivity index (χ2n) is 5.26. The van der Waals surface area contributed by atoms with Crippen LogP contribution in [0.15, 0.2) is 53.7 Å². The van der Waals surface area contributed by atoms with Gasteiger partial charge in [-0.15, -0.1) is 0 Å². The van der Waals surface area contributed by atoms with Gasteiger partial charge >= 0.3 is 0 Å². The molecule has 0 fully saturated rings. The molecule has 0 aliphatic rings. The number of H-pyrrole nitrogens is 1. The summed E-state index contributed by atoms with van der Waals surface area (Å²) in [6, 6.07) is 15.9. The minimum atomic E-state index is 0.691. The maximum Gasteiger partial charge on any atom is 0.166 e. The molecule has 118 valence electrons. The lowest BCUT2D eigenvalue weighted by Crippen LogP contribution is -1.90. The molecule has 0 saturated carbocycles. The Kier molecular flexibility index (Phi) is 5.31. The molecule has 2 aromatic carbocycles. The summed E-state index contributed by atoms with van der Waals surface area (Å²) < 4.78 is 0. The molecular weight excluding hydrogens is 347 g/mol. The maximum atomic E-state index is 6.21. The quantitative estimate of drug-likeness (QED) is 0.571. The Hall–Kier alpha value is -1.42. The number of hydrogen-bond acceptors (Lipinski definition) is 2. The van der Waals surface area contributed by atoms with Crippen molar-refractivity contribution in [3.8, 4) is 0 Å². The summed E-state index contributed by atoms with van der Waals surface area (Å²) in [5, 5.41) is 2.28. The first kappa shape index (κ1) is 16.4. The Balaban J connectivity index is 1.71. The third kappa shape index (κ3) is 4.11. The molecule has 0 atom stereocenters. The molecule has 23 heavy (non-hydrogen) atoms. The number of nitrogens with one attached hydrogen (secondary N) is 1. The van der Waals surface area contributed by atoms with Crippen molar-refractivity contribution in [3.05, 3.63) is 81.1 Å². The Bertz CT molecular complexity index is 780. The Morgan fingerprint density at radius 1 is 1.00 bits per heavy atom. The van der Waals surface area contributed by atoms with E-state index in [1.165, 1.54) is 5.56 Å². The van der Waals surface area contributed by atoms with Crippen LogP contribution in [0.3, 0.4) is 0 Å². The van der Waals surface area contributed by atoms with Gasteiger partial charge in [0.2, 0.25) is 0 Å². The van der Waals surface area contributed by atoms with Crippen LogP contribution in [-0.4, -0.2) is 9.97 Å². The van der Waals surface area contributed by atoms with Gasteiger partial charge in [-0.2, -0.15) is 0 Å². The molecule has 0 aliphatic carbocycles. The zero-order chi connectivity index (χ0) is 16.2. The highest BCUT2D eigenvalue weighted by molar-refractivity contribution is 7.98. The SMILES string of the molecule is Cc1[nH]c(SCc2c(Cl)cccc2Cl)nc1Cc1ccccc1. The molecule has 1 N–H and O–H groups in total. The summed E-state index contributed by atoms with van der Waals surface area (Å²) in [5.41, 5.74) is 4.37. The second kappa shape index (κ2) is 7.43. The second-order valence-corrected chi connectivity index (χ2v) is 7.04. The van der Waals surface area contributed by atoms with E-state index in [2.05, 4.69) is 24.0 Å². The molecule has 3 rings (SSSR count). The Morgan fingerprint density at radius 2 is 1.70 bits per heavy atom. The third-order valence-electron chi connectivity index (χ3n) is 3.59. The number of thioether (sulfide) groups is 1. The van der Waals surface area contributed by atoms with Crippen molar-refractivity contribution in [2.75, 3.05) is 0 Å². The monoisotopic (exact) mass is 362 g/mol. The van der Waals surface area contributed by atoms with E-state index < -0.39 is 0 Å². The molecule has 3 aromatic rings. The largest absolute Gasteiger partial charge is 0.337 e. The van der Waals surface area contributed by atoms with Crippen LogP contribution in [0.5, 0.6) is 0 Å². The van der Waals surface area contributed by atoms with Crippen molar-refractivity contribution in [3.63, 3.8) is 0 Å². The average Bonchev–Trinajstić information content (AvgIpc) is 2.88. The lowest BCUT2D eigenvalue weighted by atomic mass is 10.1. The van der Waals surface area contributed by atoms with E-state index in [4.69, 9.17) is 28.2 Å². The number of halogens is 2. The van der Waals surface area contributed by atoms with E-state index in [0.29, 0.717) is 15.8 Å². The fourth-order valence-electron chi connectivity index (χ4n) is 2.31. The molecule has 1 heterocycles. The van der Waals surface area contributed by atoms with Gasteiger partial charge < -0.3 is 4.98 Å². The summed E-state index contributed by atoms with van der Waals surface area (Å²) in [5.74, 6) is 0.691. The molecule has 5 heteroatoms. The minimum absolute atomic E-state index is 0.691. The van der Waals surface area contributed by atoms with E-state index in [1.807, 2.05) is 36.4 Å². The number of aryl methyl sites for hydroxylation is 1. The lowest BCUT2D eigenvalue weighted by molar-refractivity contribution is 1.01. The molecule has 0 aliphatic heterocycles. The number of rotatable bonds is 5. The van der Waals surface area contributed by atoms with Crippen LogP contribution >= 0.6 is 35.0 Å². The third-order valence-corrected chi connectivity index (χ3v) is 5.20. The van der Waals surface area contributed by atoms with Crippen LogP contribution < -0.4 is 0 Å². The number of aromatic nitrogens is 2. The van der Waals surface area contributed by atoms with Gasteiger partial charge in [0.05, 0.1) is 5.69 Å². The molecule has 0 radical (unpaired) electrons. The van der Waals surface area contributed by atoms with E-state index in [1.54, 1.807) is 11.8 Å². The highest BCUT2D eigenvalue weighted by atomic mass is 35.5. The van der Waals surface area contributed by atoms with Crippen molar-refractivity contribution in [1.29, 1.82) is 0 Å². The molecule has 0 amide bonds. The first-order valence-electron chi connectivity index (χ1n) is 7.28. The number of imidazole rings is 1. The predicted octanol–water partition coefficient (Wildman–Crippen LogP) is 5.91. The summed E-state index contributed by atoms with van der Waals surface area (Å²) in [4.78, 5) is 8.04. The number of benzene rings is 2. The van der Waals surface area contributed by atoms with Crippen LogP contribution in [0.2, 0.25) is 10.0 Å². The predicted molar refractivity (Wildman–Crippen MR) is 98.6 cm³/mol. The minimum Gasteiger partial charge on any atom is -0.337 e. The van der Waals surface area contributed by atoms with Crippen LogP contribution in [-0.2, 0) is 12.2 Å². The molecular formula is C18H16Cl2N2S. The van der Waals surface area contributed by atoms with Crippen LogP contribution in [0.4, 0.5) is 0 Å². The van der Waals surface area contributed by atoms with Crippen molar-refractivity contribution >= 4 is 35.0 Å². The molecule has 0 saturated heterocycles. The van der Waals surface area contributed by atoms with E-state index in [-0.39, 0.29) is 0 Å². The van der Waals surface area contributed by atoms with Crippen molar-refractivity contribution in [2.45, 2.75) is 24.3 Å². The van der Waals surface area contributed by atoms with Crippen molar-refractivity contribution in [2.24, 2.45) is 0 Å². The Labute approximate surface area is 150 Å². The molecule has 1 aromatic heterocycles. The molecule has 0 bridgehead atoms. The first-order valence-corrected chi connectivity index (χ1v) is 9.02. The average molecular weight is 363 g/mol. The normalized spacial score (nSPS) is 10.9. The van der Waals surface area contributed by atoms with E-state index >= 15 is 0 Å². The zero-order valence-corrected chi connectivity index (χ0v) is 15.0. The number of nitrogens with zero attached hydrogens (tertiary/aromatic N) is 1. The van der Waals surface area contributed by atoms with Gasteiger partial charge in [0.25, 0.3) is 0 Å². The molecule has 0 spiro atoms. The van der Waals surface area contributed by atoms with Crippen LogP contribution in [0.1, 0.15) is 22.5 Å². The fraction of sp³-hybridized carbons (Fsp3) is 0.167. The summed E-state index contributed by atoms with van der Waals surface area (Å²) >= 11 is 14.0. The summed E-state index contributed by atoms with van der Waals surface area (Å²) in [6.45, 7) is 2.05. The molecule has 0 unspecified atom stereocenters. The van der Waals surface area contributed by atoms with Gasteiger partial charge in [0.15, 0.2) is 5.16 Å². The van der Waals surface area contributed by atoms with Crippen LogP contribution in [0.25, 0.3) is 0 Å². The smallest absolute Gasteiger partial charge is 0.166 e. The Morgan fingerprint density at radius 3 is 2.39 bits per heavy atom. The maximum absolute atomic E-state index is 6.21. The number of aromatic amines is 1. The van der Waals surface area contributed by atoms with Gasteiger partial charge in [0.1, 0.15) is 0 Å². The van der Waals surface area contributed by atoms with Gasteiger partial charge in [-0.25, -0.2) is 4.98 Å². The summed E-state index contributed by atoms with van der Waals surface area (Å²) in [7, 11) is 0. The van der Waals surface area contributed by atoms with E-state index in [0.717, 1.165) is 28.5 Å². The number of hydrogen-bond donors (Lipinski definition) is 1. The van der Waals surface area contributed by atoms with Crippen LogP contribution in [0, 0.1) is 6.92 Å². The van der Waals surface area contributed by atoms with Gasteiger partial charge in [-0.05, 0) is 30.2 Å².